The summed E-state index contributed by atoms with van der Waals surface area (Å²) in [5.41, 5.74) is 23.5. The topological polar surface area (TPSA) is 128 Å². The highest BCUT2D eigenvalue weighted by molar-refractivity contribution is 7.00. The first kappa shape index (κ1) is 64.4. The van der Waals surface area contributed by atoms with Crippen LogP contribution in [-0.4, -0.2) is 48.1 Å². The van der Waals surface area contributed by atoms with E-state index in [1.54, 1.807) is 12.1 Å². The van der Waals surface area contributed by atoms with Crippen molar-refractivity contribution in [3.8, 4) is 84.9 Å². The predicted molar refractivity (Wildman–Crippen MR) is 433 cm³/mol. The number of fused-ring (bicyclic) bond motifs is 7. The standard InChI is InChI=1S/C95H63BN8O4/c105-94(107-60-62-24-7-1-8-25-62)71-49-54-82-75(57-71)76-58-72(95(106)108-61-63-26-9-2-10-27-63)50-55-83(76)104(82)84-53-48-70(81-59-80(66-28-11-3-12-29-66)97-90(98-81)67-30-13-4-14-31-67)56-77(84)93-100-91(68-32-15-5-16-33-68)99-92(101-93)69-44-42-64(43-45-69)65-46-51-74(52-47-65)103-86-39-22-20-37-79(86)96-78-36-19-21-38-85(78)102(73-34-17-6-18-35-73)87-40-23-41-88(103)89(87)96/h1-59H,60-61H2. The zero-order valence-corrected chi connectivity index (χ0v) is 58.3. The van der Waals surface area contributed by atoms with Crippen LogP contribution in [0.2, 0.25) is 0 Å². The molecule has 5 heterocycles. The van der Waals surface area contributed by atoms with Gasteiger partial charge in [-0.05, 0) is 142 Å². The molecule has 0 N–H and O–H groups in total. The third kappa shape index (κ3) is 12.0. The van der Waals surface area contributed by atoms with E-state index in [0.717, 1.165) is 89.5 Å². The van der Waals surface area contributed by atoms with E-state index in [-0.39, 0.29) is 19.9 Å². The second kappa shape index (κ2) is 27.6. The number of aromatic nitrogens is 6. The lowest BCUT2D eigenvalue weighted by Gasteiger charge is -2.44. The normalized spacial score (nSPS) is 12.0. The van der Waals surface area contributed by atoms with Crippen LogP contribution in [0.1, 0.15) is 31.8 Å². The van der Waals surface area contributed by atoms with Crippen LogP contribution in [-0.2, 0) is 22.7 Å². The van der Waals surface area contributed by atoms with Crippen LogP contribution in [0, 0.1) is 0 Å². The fourth-order valence-corrected chi connectivity index (χ4v) is 15.2. The van der Waals surface area contributed by atoms with Crippen LogP contribution in [0.4, 0.5) is 34.1 Å². The van der Waals surface area contributed by atoms with E-state index in [1.165, 1.54) is 27.8 Å². The Bertz CT molecular complexity index is 6120. The minimum Gasteiger partial charge on any atom is -0.457 e. The molecule has 0 aliphatic carbocycles. The Morgan fingerprint density at radius 1 is 0.296 bits per heavy atom. The van der Waals surface area contributed by atoms with Gasteiger partial charge in [-0.1, -0.05) is 255 Å². The zero-order valence-electron chi connectivity index (χ0n) is 58.3. The van der Waals surface area contributed by atoms with E-state index >= 15 is 0 Å². The zero-order chi connectivity index (χ0) is 72.0. The number of carbonyl (C=O) groups excluding carboxylic acids is 2. The average molecular weight is 1390 g/mol. The van der Waals surface area contributed by atoms with Crippen molar-refractivity contribution < 1.29 is 19.1 Å². The molecule has 0 unspecified atom stereocenters. The maximum Gasteiger partial charge on any atom is 0.338 e. The minimum absolute atomic E-state index is 0.0423. The van der Waals surface area contributed by atoms with E-state index in [2.05, 4.69) is 190 Å². The average Bonchev–Trinajstić information content (AvgIpc) is 0.925. The summed E-state index contributed by atoms with van der Waals surface area (Å²) in [5.74, 6) is 0.886. The first-order valence-electron chi connectivity index (χ1n) is 36.0. The molecule has 108 heavy (non-hydrogen) atoms. The molecule has 0 saturated carbocycles. The predicted octanol–water partition coefficient (Wildman–Crippen LogP) is 20.2. The number of hydrogen-bond donors (Lipinski definition) is 0. The van der Waals surface area contributed by atoms with E-state index in [9.17, 15) is 9.59 Å². The number of hydrogen-bond acceptors (Lipinski definition) is 11. The summed E-state index contributed by atoms with van der Waals surface area (Å²) in [6.07, 6.45) is 0. The molecule has 0 bridgehead atoms. The molecule has 0 atom stereocenters. The monoisotopic (exact) mass is 1390 g/mol. The summed E-state index contributed by atoms with van der Waals surface area (Å²) < 4.78 is 14.0. The van der Waals surface area contributed by atoms with Gasteiger partial charge in [0.2, 0.25) is 0 Å². The van der Waals surface area contributed by atoms with Crippen molar-refractivity contribution in [2.45, 2.75) is 13.2 Å². The second-order valence-electron chi connectivity index (χ2n) is 26.9. The molecule has 2 aliphatic rings. The summed E-state index contributed by atoms with van der Waals surface area (Å²) in [6.45, 7) is 0.226. The molecular weight excluding hydrogens is 1330 g/mol. The van der Waals surface area contributed by atoms with Crippen LogP contribution in [0.25, 0.3) is 107 Å². The van der Waals surface area contributed by atoms with Gasteiger partial charge >= 0.3 is 11.9 Å². The lowest BCUT2D eigenvalue weighted by molar-refractivity contribution is 0.0464. The highest BCUT2D eigenvalue weighted by Crippen LogP contribution is 2.46. The Morgan fingerprint density at radius 2 is 0.685 bits per heavy atom. The first-order chi connectivity index (χ1) is 53.4. The van der Waals surface area contributed by atoms with Crippen molar-refractivity contribution in [3.05, 3.63) is 380 Å². The number of benzene rings is 14. The first-order valence-corrected chi connectivity index (χ1v) is 36.0. The van der Waals surface area contributed by atoms with Crippen molar-refractivity contribution in [2.75, 3.05) is 9.80 Å². The molecule has 0 fully saturated rings. The van der Waals surface area contributed by atoms with Gasteiger partial charge in [-0.25, -0.2) is 34.5 Å². The van der Waals surface area contributed by atoms with Gasteiger partial charge in [-0.15, -0.1) is 0 Å². The van der Waals surface area contributed by atoms with Gasteiger partial charge in [-0.3, -0.25) is 0 Å². The second-order valence-corrected chi connectivity index (χ2v) is 26.9. The van der Waals surface area contributed by atoms with Crippen molar-refractivity contribution >= 4 is 91.0 Å². The van der Waals surface area contributed by atoms with Gasteiger partial charge in [0.1, 0.15) is 13.2 Å². The molecule has 0 radical (unpaired) electrons. The van der Waals surface area contributed by atoms with Gasteiger partial charge in [0.05, 0.1) is 39.2 Å². The van der Waals surface area contributed by atoms with Crippen LogP contribution < -0.4 is 26.2 Å². The molecule has 3 aromatic heterocycles. The van der Waals surface area contributed by atoms with Gasteiger partial charge in [0.15, 0.2) is 23.3 Å². The Labute approximate surface area is 623 Å². The van der Waals surface area contributed by atoms with Crippen molar-refractivity contribution in [1.29, 1.82) is 0 Å². The molecule has 12 nitrogen and oxygen atoms in total. The van der Waals surface area contributed by atoms with Crippen molar-refractivity contribution in [2.24, 2.45) is 0 Å². The number of carbonyl (C=O) groups is 2. The van der Waals surface area contributed by atoms with Crippen LogP contribution in [0.15, 0.2) is 358 Å². The van der Waals surface area contributed by atoms with Crippen LogP contribution in [0.5, 0.6) is 0 Å². The van der Waals surface area contributed by atoms with Crippen molar-refractivity contribution in [3.63, 3.8) is 0 Å². The Kier molecular flexibility index (Phi) is 16.5. The lowest BCUT2D eigenvalue weighted by Crippen LogP contribution is -2.61. The van der Waals surface area contributed by atoms with Crippen LogP contribution >= 0.6 is 0 Å². The van der Waals surface area contributed by atoms with Gasteiger partial charge in [0, 0.05) is 78.3 Å². The SMILES string of the molecule is O=C(OCc1ccccc1)c1ccc2c(c1)c1cc(C(=O)OCc3ccccc3)ccc1n2-c1ccc(-c2cc(-c3ccccc3)nc(-c3ccccc3)n2)cc1-c1nc(-c2ccccc2)nc(-c2ccc(-c3ccc(N4c5ccccc5B5c6ccccc6N(c6ccccc6)c6cccc4c65)cc3)cc2)n1. The number of para-hydroxylation sites is 3. The summed E-state index contributed by atoms with van der Waals surface area (Å²) in [4.78, 5) is 60.0. The maximum absolute atomic E-state index is 14.2. The van der Waals surface area contributed by atoms with E-state index in [1.807, 2.05) is 170 Å². The van der Waals surface area contributed by atoms with E-state index < -0.39 is 11.9 Å². The van der Waals surface area contributed by atoms with Gasteiger partial charge in [0.25, 0.3) is 6.71 Å². The molecule has 14 aromatic carbocycles. The number of ether oxygens (including phenoxy) is 2. The quantitative estimate of drug-likeness (QED) is 0.0677. The fraction of sp³-hybridized carbons (Fsp3) is 0.0211. The molecule has 13 heteroatoms. The Morgan fingerprint density at radius 3 is 1.20 bits per heavy atom. The molecule has 0 spiro atoms. The summed E-state index contributed by atoms with van der Waals surface area (Å²) in [6, 6.07) is 121. The molecular formula is C95H63BN8O4. The molecule has 2 aliphatic heterocycles. The lowest BCUT2D eigenvalue weighted by atomic mass is 9.33. The highest BCUT2D eigenvalue weighted by Gasteiger charge is 2.43. The smallest absolute Gasteiger partial charge is 0.338 e. The third-order valence-electron chi connectivity index (χ3n) is 20.4. The van der Waals surface area contributed by atoms with E-state index in [0.29, 0.717) is 62.1 Å². The molecule has 0 saturated heterocycles. The molecule has 0 amide bonds. The van der Waals surface area contributed by atoms with Gasteiger partial charge in [-0.2, -0.15) is 0 Å². The maximum atomic E-state index is 14.2. The highest BCUT2D eigenvalue weighted by atomic mass is 16.5. The Hall–Kier alpha value is -14.4. The Balaban J connectivity index is 0.743. The molecule has 510 valence electrons. The number of esters is 2. The number of rotatable bonds is 16. The minimum atomic E-state index is -0.492. The summed E-state index contributed by atoms with van der Waals surface area (Å²) in [7, 11) is 0. The summed E-state index contributed by atoms with van der Waals surface area (Å²) in [5, 5.41) is 1.40. The molecule has 19 rings (SSSR count). The molecule has 17 aromatic rings. The third-order valence-corrected chi connectivity index (χ3v) is 20.4. The largest absolute Gasteiger partial charge is 0.457 e. The van der Waals surface area contributed by atoms with Gasteiger partial charge < -0.3 is 23.8 Å². The van der Waals surface area contributed by atoms with Crippen molar-refractivity contribution in [1.82, 2.24) is 29.5 Å². The number of nitrogens with zero attached hydrogens (tertiary/aromatic N) is 8. The summed E-state index contributed by atoms with van der Waals surface area (Å²) >= 11 is 0. The van der Waals surface area contributed by atoms with E-state index in [4.69, 9.17) is 34.4 Å². The number of anilines is 6. The van der Waals surface area contributed by atoms with Crippen LogP contribution in [0.3, 0.4) is 0 Å². The fourth-order valence-electron chi connectivity index (χ4n) is 15.2.